The largest absolute Gasteiger partial charge is 0.494 e. The van der Waals surface area contributed by atoms with Gasteiger partial charge in [0, 0.05) is 20.1 Å². The van der Waals surface area contributed by atoms with Crippen molar-refractivity contribution in [2.24, 2.45) is 4.99 Å². The van der Waals surface area contributed by atoms with Crippen LogP contribution in [0.5, 0.6) is 5.75 Å². The van der Waals surface area contributed by atoms with Crippen molar-refractivity contribution in [1.82, 2.24) is 10.6 Å². The van der Waals surface area contributed by atoms with Gasteiger partial charge in [0.15, 0.2) is 5.96 Å². The Labute approximate surface area is 136 Å². The molecule has 0 fully saturated rings. The molecule has 2 rings (SSSR count). The van der Waals surface area contributed by atoms with Crippen LogP contribution >= 0.6 is 11.3 Å². The summed E-state index contributed by atoms with van der Waals surface area (Å²) < 4.78 is 5.70. The van der Waals surface area contributed by atoms with Crippen LogP contribution in [0.3, 0.4) is 0 Å². The number of nitrogens with zero attached hydrogens (tertiary/aromatic N) is 1. The minimum absolute atomic E-state index is 0.692. The number of nitrogens with one attached hydrogen (secondary N) is 2. The molecule has 118 valence electrons. The van der Waals surface area contributed by atoms with Crippen molar-refractivity contribution in [3.63, 3.8) is 0 Å². The molecule has 5 heteroatoms. The summed E-state index contributed by atoms with van der Waals surface area (Å²) in [6.07, 6.45) is 0.924. The van der Waals surface area contributed by atoms with Crippen molar-refractivity contribution in [3.8, 4) is 5.75 Å². The Morgan fingerprint density at radius 3 is 2.68 bits per heavy atom. The van der Waals surface area contributed by atoms with E-state index in [2.05, 4.69) is 51.5 Å². The van der Waals surface area contributed by atoms with E-state index in [1.165, 1.54) is 11.1 Å². The molecule has 4 nitrogen and oxygen atoms in total. The van der Waals surface area contributed by atoms with Crippen LogP contribution in [-0.4, -0.2) is 26.2 Å². The van der Waals surface area contributed by atoms with Gasteiger partial charge in [0.05, 0.1) is 6.61 Å². The number of hydrogen-bond donors (Lipinski definition) is 2. The highest BCUT2D eigenvalue weighted by Crippen LogP contribution is 2.11. The molecule has 1 aromatic carbocycles. The monoisotopic (exact) mass is 317 g/mol. The fraction of sp³-hybridized carbons (Fsp3) is 0.353. The molecule has 0 saturated carbocycles. The summed E-state index contributed by atoms with van der Waals surface area (Å²) in [5.74, 6) is 1.74. The fourth-order valence-corrected chi connectivity index (χ4v) is 2.57. The second-order valence-electron chi connectivity index (χ2n) is 5.00. The third-order valence-electron chi connectivity index (χ3n) is 3.17. The van der Waals surface area contributed by atoms with Gasteiger partial charge in [-0.3, -0.25) is 4.99 Å². The number of benzene rings is 1. The number of hydrogen-bond acceptors (Lipinski definition) is 3. The maximum Gasteiger partial charge on any atom is 0.191 e. The van der Waals surface area contributed by atoms with Gasteiger partial charge in [0.25, 0.3) is 0 Å². The van der Waals surface area contributed by atoms with E-state index in [1.54, 1.807) is 18.4 Å². The van der Waals surface area contributed by atoms with E-state index in [1.807, 2.05) is 12.1 Å². The Morgan fingerprint density at radius 2 is 2.00 bits per heavy atom. The van der Waals surface area contributed by atoms with Gasteiger partial charge in [-0.1, -0.05) is 17.7 Å². The first kappa shape index (κ1) is 16.4. The zero-order chi connectivity index (χ0) is 15.6. The van der Waals surface area contributed by atoms with Gasteiger partial charge in [-0.15, -0.1) is 0 Å². The molecule has 0 amide bonds. The minimum atomic E-state index is 0.692. The van der Waals surface area contributed by atoms with Crippen LogP contribution in [0.15, 0.2) is 46.1 Å². The van der Waals surface area contributed by atoms with E-state index in [-0.39, 0.29) is 0 Å². The van der Waals surface area contributed by atoms with Crippen LogP contribution in [0.1, 0.15) is 17.5 Å². The molecule has 0 aliphatic heterocycles. The van der Waals surface area contributed by atoms with Crippen LogP contribution < -0.4 is 15.4 Å². The third-order valence-corrected chi connectivity index (χ3v) is 3.90. The Bertz CT molecular complexity index is 564. The molecule has 0 unspecified atom stereocenters. The first-order valence-corrected chi connectivity index (χ1v) is 8.37. The highest BCUT2D eigenvalue weighted by Gasteiger charge is 1.99. The highest BCUT2D eigenvalue weighted by atomic mass is 32.1. The normalized spacial score (nSPS) is 11.3. The lowest BCUT2D eigenvalue weighted by Gasteiger charge is -2.11. The molecule has 1 aromatic heterocycles. The number of guanidine groups is 1. The molecule has 0 aliphatic rings. The first-order chi connectivity index (χ1) is 10.8. The average molecular weight is 317 g/mol. The summed E-state index contributed by atoms with van der Waals surface area (Å²) in [6, 6.07) is 10.2. The summed E-state index contributed by atoms with van der Waals surface area (Å²) >= 11 is 1.71. The lowest BCUT2D eigenvalue weighted by molar-refractivity contribution is 0.311. The molecule has 1 heterocycles. The van der Waals surface area contributed by atoms with E-state index < -0.39 is 0 Å². The van der Waals surface area contributed by atoms with Gasteiger partial charge in [-0.05, 0) is 47.9 Å². The van der Waals surface area contributed by atoms with Crippen LogP contribution in [0.4, 0.5) is 0 Å². The minimum Gasteiger partial charge on any atom is -0.494 e. The van der Waals surface area contributed by atoms with Gasteiger partial charge in [-0.2, -0.15) is 11.3 Å². The zero-order valence-corrected chi connectivity index (χ0v) is 14.0. The summed E-state index contributed by atoms with van der Waals surface area (Å²) in [7, 11) is 1.78. The molecule has 2 aromatic rings. The first-order valence-electron chi connectivity index (χ1n) is 7.43. The van der Waals surface area contributed by atoms with E-state index in [0.717, 1.165) is 31.2 Å². The molecule has 22 heavy (non-hydrogen) atoms. The van der Waals surface area contributed by atoms with E-state index in [9.17, 15) is 0 Å². The summed E-state index contributed by atoms with van der Waals surface area (Å²) in [4.78, 5) is 4.21. The number of ether oxygens (including phenoxy) is 1. The average Bonchev–Trinajstić information content (AvgIpc) is 3.05. The van der Waals surface area contributed by atoms with Gasteiger partial charge in [0.2, 0.25) is 0 Å². The number of aliphatic imine (C=N–C) groups is 1. The van der Waals surface area contributed by atoms with Crippen molar-refractivity contribution in [1.29, 1.82) is 0 Å². The van der Waals surface area contributed by atoms with Gasteiger partial charge >= 0.3 is 0 Å². The highest BCUT2D eigenvalue weighted by molar-refractivity contribution is 7.07. The number of aryl methyl sites for hydroxylation is 1. The van der Waals surface area contributed by atoms with Crippen LogP contribution in [0.2, 0.25) is 0 Å². The van der Waals surface area contributed by atoms with Gasteiger partial charge in [-0.25, -0.2) is 0 Å². The van der Waals surface area contributed by atoms with Crippen LogP contribution in [0.25, 0.3) is 0 Å². The molecular weight excluding hydrogens is 294 g/mol. The lowest BCUT2D eigenvalue weighted by Crippen LogP contribution is -2.37. The van der Waals surface area contributed by atoms with Crippen LogP contribution in [-0.2, 0) is 6.54 Å². The number of rotatable bonds is 7. The molecule has 0 bridgehead atoms. The SMILES string of the molecule is CN=C(NCCCOc1ccc(C)cc1)NCc1ccsc1. The van der Waals surface area contributed by atoms with Gasteiger partial charge in [0.1, 0.15) is 5.75 Å². The molecule has 0 saturated heterocycles. The van der Waals surface area contributed by atoms with E-state index in [0.29, 0.717) is 6.61 Å². The Balaban J connectivity index is 1.59. The van der Waals surface area contributed by atoms with Gasteiger partial charge < -0.3 is 15.4 Å². The maximum atomic E-state index is 5.70. The van der Waals surface area contributed by atoms with Crippen molar-refractivity contribution < 1.29 is 4.74 Å². The van der Waals surface area contributed by atoms with E-state index >= 15 is 0 Å². The maximum absolute atomic E-state index is 5.70. The smallest absolute Gasteiger partial charge is 0.191 e. The Kier molecular flexibility index (Phi) is 6.77. The molecule has 2 N–H and O–H groups in total. The third kappa shape index (κ3) is 5.77. The topological polar surface area (TPSA) is 45.7 Å². The van der Waals surface area contributed by atoms with Crippen molar-refractivity contribution in [2.75, 3.05) is 20.2 Å². The second kappa shape index (κ2) is 9.10. The Hall–Kier alpha value is -2.01. The summed E-state index contributed by atoms with van der Waals surface area (Å²) in [6.45, 7) is 4.39. The predicted molar refractivity (Wildman–Crippen MR) is 93.8 cm³/mol. The molecular formula is C17H23N3OS. The number of thiophene rings is 1. The molecule has 0 atom stereocenters. The van der Waals surface area contributed by atoms with Crippen molar-refractivity contribution in [3.05, 3.63) is 52.2 Å². The fourth-order valence-electron chi connectivity index (χ4n) is 1.90. The standard InChI is InChI=1S/C17H23N3OS/c1-14-4-6-16(7-5-14)21-10-3-9-19-17(18-2)20-12-15-8-11-22-13-15/h4-8,11,13H,3,9-10,12H2,1-2H3,(H2,18,19,20). The Morgan fingerprint density at radius 1 is 1.18 bits per heavy atom. The summed E-state index contributed by atoms with van der Waals surface area (Å²) in [5.41, 5.74) is 2.52. The summed E-state index contributed by atoms with van der Waals surface area (Å²) in [5, 5.41) is 10.8. The quantitative estimate of drug-likeness (QED) is 0.468. The lowest BCUT2D eigenvalue weighted by atomic mass is 10.2. The predicted octanol–water partition coefficient (Wildman–Crippen LogP) is 3.19. The van der Waals surface area contributed by atoms with Crippen molar-refractivity contribution in [2.45, 2.75) is 19.9 Å². The molecule has 0 aliphatic carbocycles. The molecule has 0 spiro atoms. The zero-order valence-electron chi connectivity index (χ0n) is 13.1. The van der Waals surface area contributed by atoms with E-state index in [4.69, 9.17) is 4.74 Å². The molecule has 0 radical (unpaired) electrons. The second-order valence-corrected chi connectivity index (χ2v) is 5.78. The van der Waals surface area contributed by atoms with Crippen LogP contribution in [0, 0.1) is 6.92 Å². The van der Waals surface area contributed by atoms with Crippen molar-refractivity contribution >= 4 is 17.3 Å².